The standard InChI is InChI=1S/C20H18F3N5O2S/c1-28-16(9-10-24-19(30)12-5-2-3-6-13(12)21)26-27-20(28)31-11-17(29)25-18-14(22)7-4-8-15(18)23/h2-8H,9-11H2,1H3,(H,24,30)(H,25,29). The van der Waals surface area contributed by atoms with E-state index in [1.54, 1.807) is 17.7 Å². The average Bonchev–Trinajstić information content (AvgIpc) is 3.09. The topological polar surface area (TPSA) is 88.9 Å². The third-order valence-corrected chi connectivity index (χ3v) is 5.26. The van der Waals surface area contributed by atoms with Crippen LogP contribution in [0.4, 0.5) is 18.9 Å². The number of nitrogens with one attached hydrogen (secondary N) is 2. The SMILES string of the molecule is Cn1c(CCNC(=O)c2ccccc2F)nnc1SCC(=O)Nc1c(F)cccc1F. The quantitative estimate of drug-likeness (QED) is 0.517. The van der Waals surface area contributed by atoms with Gasteiger partial charge in [0, 0.05) is 20.0 Å². The van der Waals surface area contributed by atoms with Crippen molar-refractivity contribution >= 4 is 29.3 Å². The zero-order valence-corrected chi connectivity index (χ0v) is 17.2. The molecule has 0 aliphatic heterocycles. The second kappa shape index (κ2) is 10.1. The van der Waals surface area contributed by atoms with Gasteiger partial charge in [0.2, 0.25) is 5.91 Å². The van der Waals surface area contributed by atoms with E-state index in [1.807, 2.05) is 0 Å². The number of carbonyl (C=O) groups is 2. The number of hydrogen-bond donors (Lipinski definition) is 2. The number of amides is 2. The molecule has 0 radical (unpaired) electrons. The van der Waals surface area contributed by atoms with Gasteiger partial charge in [0.05, 0.1) is 11.3 Å². The first-order valence-electron chi connectivity index (χ1n) is 9.14. The highest BCUT2D eigenvalue weighted by atomic mass is 32.2. The van der Waals surface area contributed by atoms with E-state index in [2.05, 4.69) is 20.8 Å². The Morgan fingerprint density at radius 2 is 1.68 bits per heavy atom. The summed E-state index contributed by atoms with van der Waals surface area (Å²) in [6.45, 7) is 0.205. The Hall–Kier alpha value is -3.34. The van der Waals surface area contributed by atoms with Crippen LogP contribution < -0.4 is 10.6 Å². The molecule has 0 aliphatic rings. The van der Waals surface area contributed by atoms with Crippen molar-refractivity contribution in [1.82, 2.24) is 20.1 Å². The second-order valence-electron chi connectivity index (χ2n) is 6.38. The van der Waals surface area contributed by atoms with Crippen molar-refractivity contribution in [1.29, 1.82) is 0 Å². The van der Waals surface area contributed by atoms with Crippen molar-refractivity contribution in [3.8, 4) is 0 Å². The highest BCUT2D eigenvalue weighted by Gasteiger charge is 2.15. The number of hydrogen-bond acceptors (Lipinski definition) is 5. The molecule has 3 rings (SSSR count). The Labute approximate surface area is 180 Å². The first kappa shape index (κ1) is 22.3. The fourth-order valence-electron chi connectivity index (χ4n) is 2.64. The molecule has 3 aromatic rings. The Morgan fingerprint density at radius 3 is 2.39 bits per heavy atom. The predicted octanol–water partition coefficient (Wildman–Crippen LogP) is 2.94. The van der Waals surface area contributed by atoms with Crippen LogP contribution in [0.1, 0.15) is 16.2 Å². The van der Waals surface area contributed by atoms with Crippen LogP contribution in [0, 0.1) is 17.5 Å². The van der Waals surface area contributed by atoms with Gasteiger partial charge >= 0.3 is 0 Å². The van der Waals surface area contributed by atoms with Crippen LogP contribution in [-0.4, -0.2) is 38.9 Å². The first-order valence-corrected chi connectivity index (χ1v) is 10.1. The van der Waals surface area contributed by atoms with Crippen molar-refractivity contribution in [2.24, 2.45) is 7.05 Å². The molecule has 2 amide bonds. The number of halogens is 3. The normalized spacial score (nSPS) is 10.7. The van der Waals surface area contributed by atoms with E-state index in [-0.39, 0.29) is 17.9 Å². The summed E-state index contributed by atoms with van der Waals surface area (Å²) in [6.07, 6.45) is 0.330. The van der Waals surface area contributed by atoms with Crippen LogP contribution >= 0.6 is 11.8 Å². The molecular weight excluding hydrogens is 431 g/mol. The zero-order chi connectivity index (χ0) is 22.4. The number of benzene rings is 2. The minimum absolute atomic E-state index is 0.0472. The van der Waals surface area contributed by atoms with E-state index < -0.39 is 35.0 Å². The van der Waals surface area contributed by atoms with Crippen LogP contribution in [0.3, 0.4) is 0 Å². The van der Waals surface area contributed by atoms with E-state index in [4.69, 9.17) is 0 Å². The van der Waals surface area contributed by atoms with Gasteiger partial charge in [-0.3, -0.25) is 9.59 Å². The van der Waals surface area contributed by atoms with Crippen molar-refractivity contribution in [2.75, 3.05) is 17.6 Å². The number of rotatable bonds is 8. The highest BCUT2D eigenvalue weighted by molar-refractivity contribution is 7.99. The molecular formula is C20H18F3N5O2S. The molecule has 0 spiro atoms. The molecule has 0 bridgehead atoms. The van der Waals surface area contributed by atoms with Gasteiger partial charge in [-0.15, -0.1) is 10.2 Å². The average molecular weight is 449 g/mol. The largest absolute Gasteiger partial charge is 0.351 e. The van der Waals surface area contributed by atoms with Gasteiger partial charge in [-0.1, -0.05) is 30.0 Å². The van der Waals surface area contributed by atoms with Gasteiger partial charge in [0.25, 0.3) is 5.91 Å². The van der Waals surface area contributed by atoms with Gasteiger partial charge in [-0.05, 0) is 24.3 Å². The van der Waals surface area contributed by atoms with Crippen molar-refractivity contribution in [2.45, 2.75) is 11.6 Å². The molecule has 31 heavy (non-hydrogen) atoms. The molecule has 2 N–H and O–H groups in total. The first-order chi connectivity index (χ1) is 14.9. The lowest BCUT2D eigenvalue weighted by molar-refractivity contribution is -0.113. The molecule has 11 heteroatoms. The van der Waals surface area contributed by atoms with E-state index >= 15 is 0 Å². The van der Waals surface area contributed by atoms with Gasteiger partial charge < -0.3 is 15.2 Å². The predicted molar refractivity (Wildman–Crippen MR) is 109 cm³/mol. The summed E-state index contributed by atoms with van der Waals surface area (Å²) in [4.78, 5) is 24.0. The van der Waals surface area contributed by atoms with Gasteiger partial charge in [0.1, 0.15) is 29.0 Å². The summed E-state index contributed by atoms with van der Waals surface area (Å²) < 4.78 is 42.5. The highest BCUT2D eigenvalue weighted by Crippen LogP contribution is 2.20. The van der Waals surface area contributed by atoms with Gasteiger partial charge in [-0.2, -0.15) is 0 Å². The van der Waals surface area contributed by atoms with Crippen molar-refractivity contribution in [3.63, 3.8) is 0 Å². The van der Waals surface area contributed by atoms with Crippen LogP contribution in [0.15, 0.2) is 47.6 Å². The number of thioether (sulfide) groups is 1. The molecule has 0 fully saturated rings. The second-order valence-corrected chi connectivity index (χ2v) is 7.32. The minimum atomic E-state index is -0.864. The third-order valence-electron chi connectivity index (χ3n) is 4.24. The van der Waals surface area contributed by atoms with Crippen LogP contribution in [-0.2, 0) is 18.3 Å². The van der Waals surface area contributed by atoms with E-state index in [9.17, 15) is 22.8 Å². The minimum Gasteiger partial charge on any atom is -0.351 e. The fourth-order valence-corrected chi connectivity index (χ4v) is 3.37. The van der Waals surface area contributed by atoms with Gasteiger partial charge in [-0.25, -0.2) is 13.2 Å². The fraction of sp³-hybridized carbons (Fsp3) is 0.200. The number of aromatic nitrogens is 3. The van der Waals surface area contributed by atoms with Crippen LogP contribution in [0.2, 0.25) is 0 Å². The molecule has 0 saturated heterocycles. The summed E-state index contributed by atoms with van der Waals surface area (Å²) >= 11 is 1.04. The maximum absolute atomic E-state index is 13.6. The number of nitrogens with zero attached hydrogens (tertiary/aromatic N) is 3. The maximum atomic E-state index is 13.6. The molecule has 162 valence electrons. The smallest absolute Gasteiger partial charge is 0.254 e. The Balaban J connectivity index is 1.50. The Bertz CT molecular complexity index is 1090. The van der Waals surface area contributed by atoms with Crippen molar-refractivity contribution < 1.29 is 22.8 Å². The number of para-hydroxylation sites is 1. The molecule has 0 unspecified atom stereocenters. The molecule has 1 heterocycles. The molecule has 1 aromatic heterocycles. The maximum Gasteiger partial charge on any atom is 0.254 e. The zero-order valence-electron chi connectivity index (χ0n) is 16.4. The molecule has 2 aromatic carbocycles. The van der Waals surface area contributed by atoms with E-state index in [1.165, 1.54) is 24.3 Å². The Morgan fingerprint density at radius 1 is 1.00 bits per heavy atom. The van der Waals surface area contributed by atoms with Crippen LogP contribution in [0.25, 0.3) is 0 Å². The lowest BCUT2D eigenvalue weighted by Gasteiger charge is -2.08. The lowest BCUT2D eigenvalue weighted by atomic mass is 10.2. The summed E-state index contributed by atoms with van der Waals surface area (Å²) in [6, 6.07) is 8.96. The monoisotopic (exact) mass is 449 g/mol. The lowest BCUT2D eigenvalue weighted by Crippen LogP contribution is -2.27. The third kappa shape index (κ3) is 5.63. The number of anilines is 1. The molecule has 7 nitrogen and oxygen atoms in total. The summed E-state index contributed by atoms with van der Waals surface area (Å²) in [5, 5.41) is 13.2. The van der Waals surface area contributed by atoms with Crippen molar-refractivity contribution in [3.05, 3.63) is 71.3 Å². The van der Waals surface area contributed by atoms with E-state index in [0.29, 0.717) is 17.4 Å². The summed E-state index contributed by atoms with van der Waals surface area (Å²) in [7, 11) is 1.69. The van der Waals surface area contributed by atoms with E-state index in [0.717, 1.165) is 23.9 Å². The number of carbonyl (C=O) groups excluding carboxylic acids is 2. The molecule has 0 atom stereocenters. The molecule has 0 aliphatic carbocycles. The van der Waals surface area contributed by atoms with Crippen LogP contribution in [0.5, 0.6) is 0 Å². The molecule has 0 saturated carbocycles. The summed E-state index contributed by atoms with van der Waals surface area (Å²) in [5.74, 6) is -3.07. The summed E-state index contributed by atoms with van der Waals surface area (Å²) in [5.41, 5.74) is -0.550. The Kier molecular flexibility index (Phi) is 7.29. The van der Waals surface area contributed by atoms with Gasteiger partial charge in [0.15, 0.2) is 5.16 Å².